The molecule has 0 aliphatic carbocycles. The van der Waals surface area contributed by atoms with Crippen molar-refractivity contribution in [3.05, 3.63) is 35.9 Å². The summed E-state index contributed by atoms with van der Waals surface area (Å²) in [6.07, 6.45) is 0.920. The fourth-order valence-corrected chi connectivity index (χ4v) is 2.90. The molecule has 0 spiro atoms. The first-order chi connectivity index (χ1) is 15.4. The maximum atomic E-state index is 13.1. The van der Waals surface area contributed by atoms with E-state index in [4.69, 9.17) is 10.3 Å². The van der Waals surface area contributed by atoms with Gasteiger partial charge in [-0.1, -0.05) is 30.3 Å². The molecule has 0 saturated heterocycles. The summed E-state index contributed by atoms with van der Waals surface area (Å²) < 4.78 is 5.40. The van der Waals surface area contributed by atoms with E-state index in [1.54, 1.807) is 39.8 Å². The molecule has 0 unspecified atom stereocenters. The van der Waals surface area contributed by atoms with Gasteiger partial charge in [-0.3, -0.25) is 14.4 Å². The summed E-state index contributed by atoms with van der Waals surface area (Å²) >= 11 is 0. The highest BCUT2D eigenvalue weighted by Gasteiger charge is 2.30. The molecule has 10 heteroatoms. The highest BCUT2D eigenvalue weighted by atomic mass is 16.6. The van der Waals surface area contributed by atoms with E-state index in [1.807, 2.05) is 30.3 Å². The Bertz CT molecular complexity index is 873. The van der Waals surface area contributed by atoms with Crippen LogP contribution in [0.15, 0.2) is 30.3 Å². The first-order valence-corrected chi connectivity index (χ1v) is 10.6. The SMILES string of the molecule is CN(C)CC(=O)N[C@@H](Cc1ccccc1)C(=O)N[C@@H](CCC(=O)C=[N+]=N)C(=O)OC(C)(C)C. The highest BCUT2D eigenvalue weighted by Crippen LogP contribution is 2.12. The molecule has 0 fully saturated rings. The van der Waals surface area contributed by atoms with Crippen molar-refractivity contribution in [2.75, 3.05) is 20.6 Å². The molecule has 0 radical (unpaired) electrons. The number of ketones is 1. The topological polar surface area (TPSA) is 143 Å². The zero-order chi connectivity index (χ0) is 25.0. The van der Waals surface area contributed by atoms with Crippen LogP contribution in [0.4, 0.5) is 0 Å². The van der Waals surface area contributed by atoms with Gasteiger partial charge in [0.15, 0.2) is 0 Å². The molecule has 0 aliphatic rings. The Hall–Kier alpha value is -3.36. The molecular weight excluding hydrogens is 426 g/mol. The predicted molar refractivity (Wildman–Crippen MR) is 122 cm³/mol. The van der Waals surface area contributed by atoms with Crippen molar-refractivity contribution >= 4 is 29.8 Å². The number of benzene rings is 1. The lowest BCUT2D eigenvalue weighted by molar-refractivity contribution is -0.159. The van der Waals surface area contributed by atoms with Gasteiger partial charge in [0.25, 0.3) is 0 Å². The molecule has 0 aromatic heterocycles. The predicted octanol–water partition coefficient (Wildman–Crippen LogP) is 0.761. The number of hydrogen-bond acceptors (Lipinski definition) is 7. The van der Waals surface area contributed by atoms with Crippen LogP contribution in [0.3, 0.4) is 0 Å². The van der Waals surface area contributed by atoms with Crippen LogP contribution in [0.25, 0.3) is 0 Å². The van der Waals surface area contributed by atoms with Crippen LogP contribution in [-0.2, 0) is 30.3 Å². The fraction of sp³-hybridized carbons (Fsp3) is 0.522. The quantitative estimate of drug-likeness (QED) is 0.182. The van der Waals surface area contributed by atoms with Crippen molar-refractivity contribution in [2.24, 2.45) is 0 Å². The largest absolute Gasteiger partial charge is 0.458 e. The average Bonchev–Trinajstić information content (AvgIpc) is 2.69. The zero-order valence-electron chi connectivity index (χ0n) is 19.9. The third-order valence-corrected chi connectivity index (χ3v) is 4.29. The molecule has 0 heterocycles. The van der Waals surface area contributed by atoms with Crippen LogP contribution in [-0.4, -0.2) is 77.8 Å². The van der Waals surface area contributed by atoms with Crippen molar-refractivity contribution in [3.8, 4) is 0 Å². The normalized spacial score (nSPS) is 12.8. The summed E-state index contributed by atoms with van der Waals surface area (Å²) in [7, 11) is 3.48. The van der Waals surface area contributed by atoms with E-state index in [1.165, 1.54) is 0 Å². The Kier molecular flexibility index (Phi) is 11.1. The Morgan fingerprint density at radius 1 is 1.09 bits per heavy atom. The van der Waals surface area contributed by atoms with Crippen molar-refractivity contribution in [1.29, 1.82) is 5.53 Å². The van der Waals surface area contributed by atoms with Gasteiger partial charge in [-0.05, 0) is 46.9 Å². The molecule has 0 aliphatic heterocycles. The summed E-state index contributed by atoms with van der Waals surface area (Å²) in [5.74, 6) is -2.05. The third-order valence-electron chi connectivity index (χ3n) is 4.29. The Labute approximate surface area is 194 Å². The summed E-state index contributed by atoms with van der Waals surface area (Å²) in [4.78, 5) is 54.6. The van der Waals surface area contributed by atoms with Gasteiger partial charge >= 0.3 is 12.2 Å². The first kappa shape index (κ1) is 27.7. The van der Waals surface area contributed by atoms with Crippen LogP contribution < -0.4 is 10.6 Å². The van der Waals surface area contributed by atoms with E-state index in [0.717, 1.165) is 11.8 Å². The van der Waals surface area contributed by atoms with Crippen molar-refractivity contribution in [2.45, 2.75) is 57.7 Å². The van der Waals surface area contributed by atoms with Gasteiger partial charge in [-0.25, -0.2) is 4.79 Å². The Morgan fingerprint density at radius 3 is 2.27 bits per heavy atom. The van der Waals surface area contributed by atoms with Gasteiger partial charge in [0.05, 0.1) is 16.9 Å². The second-order valence-corrected chi connectivity index (χ2v) is 8.91. The number of likely N-dealkylation sites (N-methyl/N-ethyl adjacent to an activating group) is 1. The molecule has 180 valence electrons. The number of carbonyl (C=O) groups is 4. The van der Waals surface area contributed by atoms with Crippen LogP contribution >= 0.6 is 0 Å². The third kappa shape index (κ3) is 11.7. The highest BCUT2D eigenvalue weighted by molar-refractivity contribution is 6.25. The van der Waals surface area contributed by atoms with E-state index >= 15 is 0 Å². The minimum atomic E-state index is -1.11. The monoisotopic (exact) mass is 460 g/mol. The van der Waals surface area contributed by atoms with Crippen molar-refractivity contribution in [1.82, 2.24) is 15.5 Å². The van der Waals surface area contributed by atoms with E-state index in [2.05, 4.69) is 15.4 Å². The van der Waals surface area contributed by atoms with E-state index in [-0.39, 0.29) is 31.7 Å². The average molecular weight is 461 g/mol. The maximum absolute atomic E-state index is 13.1. The van der Waals surface area contributed by atoms with Crippen LogP contribution in [0.1, 0.15) is 39.2 Å². The van der Waals surface area contributed by atoms with Crippen LogP contribution in [0, 0.1) is 5.53 Å². The Balaban J connectivity index is 3.06. The lowest BCUT2D eigenvalue weighted by atomic mass is 10.0. The number of nitrogens with zero attached hydrogens (tertiary/aromatic N) is 2. The van der Waals surface area contributed by atoms with E-state index < -0.39 is 35.3 Å². The number of ether oxygens (including phenoxy) is 1. The standard InChI is InChI=1S/C23H33N5O5/c1-23(2,3)33-22(32)18(12-11-17(29)14-25-24)27-21(31)19(26-20(30)15-28(4)5)13-16-9-7-6-8-10-16/h6-10,14,18-19,24H,11-13,15H2,1-5H3,(H-,26,27,30,31)/p+1/t18-,19-/m0/s1. The number of carbonyl (C=O) groups excluding carboxylic acids is 4. The molecule has 1 aromatic carbocycles. The number of Topliss-reactive ketones (excluding diaryl/α,β-unsaturated/α-hetero) is 1. The molecule has 3 N–H and O–H groups in total. The van der Waals surface area contributed by atoms with E-state index in [9.17, 15) is 19.2 Å². The molecule has 33 heavy (non-hydrogen) atoms. The second-order valence-electron chi connectivity index (χ2n) is 8.91. The molecular formula is C23H34N5O5+. The molecule has 2 amide bonds. The number of rotatable bonds is 12. The molecule has 10 nitrogen and oxygen atoms in total. The Morgan fingerprint density at radius 2 is 1.73 bits per heavy atom. The lowest BCUT2D eigenvalue weighted by Crippen LogP contribution is -2.54. The molecule has 1 rings (SSSR count). The summed E-state index contributed by atoms with van der Waals surface area (Å²) in [5.41, 5.74) is 6.79. The van der Waals surface area contributed by atoms with Crippen molar-refractivity contribution < 1.29 is 28.7 Å². The number of amides is 2. The fourth-order valence-electron chi connectivity index (χ4n) is 2.90. The lowest BCUT2D eigenvalue weighted by Gasteiger charge is -2.26. The zero-order valence-corrected chi connectivity index (χ0v) is 19.9. The van der Waals surface area contributed by atoms with Crippen molar-refractivity contribution in [3.63, 3.8) is 0 Å². The summed E-state index contributed by atoms with van der Waals surface area (Å²) in [6, 6.07) is 7.13. The maximum Gasteiger partial charge on any atom is 0.372 e. The van der Waals surface area contributed by atoms with Gasteiger partial charge in [0.1, 0.15) is 17.7 Å². The number of esters is 1. The molecule has 2 atom stereocenters. The van der Waals surface area contributed by atoms with E-state index in [0.29, 0.717) is 0 Å². The molecule has 0 bridgehead atoms. The van der Waals surface area contributed by atoms with Crippen LogP contribution in [0.2, 0.25) is 0 Å². The first-order valence-electron chi connectivity index (χ1n) is 10.6. The van der Waals surface area contributed by atoms with Crippen LogP contribution in [0.5, 0.6) is 0 Å². The van der Waals surface area contributed by atoms with Gasteiger partial charge in [-0.15, -0.1) is 0 Å². The minimum absolute atomic E-state index is 0.0325. The number of nitrogens with one attached hydrogen (secondary N) is 3. The smallest absolute Gasteiger partial charge is 0.372 e. The van der Waals surface area contributed by atoms with Gasteiger partial charge < -0.3 is 20.3 Å². The van der Waals surface area contributed by atoms with Gasteiger partial charge in [0.2, 0.25) is 17.6 Å². The number of hydrogen-bond donors (Lipinski definition) is 3. The second kappa shape index (κ2) is 13.2. The molecule has 0 saturated carbocycles. The van der Waals surface area contributed by atoms with Gasteiger partial charge in [-0.2, -0.15) is 0 Å². The summed E-state index contributed by atoms with van der Waals surface area (Å²) in [6.45, 7) is 5.18. The molecule has 1 aromatic rings. The van der Waals surface area contributed by atoms with Gasteiger partial charge in [0, 0.05) is 12.8 Å². The summed E-state index contributed by atoms with van der Waals surface area (Å²) in [5, 5.41) is 5.35. The minimum Gasteiger partial charge on any atom is -0.458 e.